The summed E-state index contributed by atoms with van der Waals surface area (Å²) in [5.41, 5.74) is 0.464. The average molecular weight is 451 g/mol. The first-order chi connectivity index (χ1) is 15.9. The lowest BCUT2D eigenvalue weighted by Gasteiger charge is -2.45. The van der Waals surface area contributed by atoms with Gasteiger partial charge in [-0.1, -0.05) is 49.4 Å². The third kappa shape index (κ3) is 3.84. The number of esters is 2. The summed E-state index contributed by atoms with van der Waals surface area (Å²) in [6.45, 7) is 3.76. The number of rotatable bonds is 6. The van der Waals surface area contributed by atoms with Gasteiger partial charge in [-0.05, 0) is 35.3 Å². The molecule has 2 aromatic carbocycles. The zero-order valence-corrected chi connectivity index (χ0v) is 18.6. The molecule has 1 aliphatic rings. The fraction of sp³-hybridized carbons (Fsp3) is 0.333. The Morgan fingerprint density at radius 2 is 1.91 bits per heavy atom. The maximum Gasteiger partial charge on any atom is 0.336 e. The minimum absolute atomic E-state index is 0.204. The van der Waals surface area contributed by atoms with Gasteiger partial charge >= 0.3 is 11.9 Å². The zero-order valence-electron chi connectivity index (χ0n) is 18.6. The van der Waals surface area contributed by atoms with E-state index in [2.05, 4.69) is 15.6 Å². The van der Waals surface area contributed by atoms with Crippen molar-refractivity contribution in [2.24, 2.45) is 5.92 Å². The fourth-order valence-electron chi connectivity index (χ4n) is 4.42. The van der Waals surface area contributed by atoms with Gasteiger partial charge in [0.05, 0.1) is 19.3 Å². The first-order valence-corrected chi connectivity index (χ1v) is 10.6. The molecule has 9 nitrogen and oxygen atoms in total. The topological polar surface area (TPSA) is 124 Å². The highest BCUT2D eigenvalue weighted by molar-refractivity contribution is 5.95. The van der Waals surface area contributed by atoms with Gasteiger partial charge in [0.1, 0.15) is 17.0 Å². The summed E-state index contributed by atoms with van der Waals surface area (Å²) in [4.78, 5) is 26.5. The summed E-state index contributed by atoms with van der Waals surface area (Å²) >= 11 is 0. The Bertz CT molecular complexity index is 1210. The number of hydrogen-bond donors (Lipinski definition) is 2. The monoisotopic (exact) mass is 451 g/mol. The molecule has 9 heteroatoms. The van der Waals surface area contributed by atoms with E-state index in [1.807, 2.05) is 6.92 Å². The van der Waals surface area contributed by atoms with Gasteiger partial charge in [0, 0.05) is 17.2 Å². The van der Waals surface area contributed by atoms with E-state index in [0.29, 0.717) is 34.3 Å². The number of methoxy groups -OCH3 is 1. The highest BCUT2D eigenvalue weighted by Gasteiger charge is 2.55. The number of aliphatic hydroxyl groups is 1. The van der Waals surface area contributed by atoms with E-state index in [1.165, 1.54) is 7.11 Å². The molecule has 1 aromatic heterocycles. The number of benzene rings is 2. The van der Waals surface area contributed by atoms with E-state index in [0.717, 1.165) is 0 Å². The molecule has 3 atom stereocenters. The minimum atomic E-state index is -1.88. The lowest BCUT2D eigenvalue weighted by Crippen LogP contribution is -2.57. The molecule has 172 valence electrons. The number of nitrogens with zero attached hydrogens (tertiary/aromatic N) is 2. The molecule has 0 fully saturated rings. The van der Waals surface area contributed by atoms with E-state index in [9.17, 15) is 14.7 Å². The van der Waals surface area contributed by atoms with E-state index in [-0.39, 0.29) is 12.2 Å². The molecule has 1 aliphatic heterocycles. The second kappa shape index (κ2) is 9.03. The molecular formula is C24H25N3O6. The van der Waals surface area contributed by atoms with Crippen molar-refractivity contribution in [3.8, 4) is 0 Å². The Hall–Kier alpha value is -3.72. The maximum atomic E-state index is 13.2. The largest absolute Gasteiger partial charge is 0.469 e. The predicted octanol–water partition coefficient (Wildman–Crippen LogP) is 2.77. The maximum absolute atomic E-state index is 13.2. The number of fused-ring (bicyclic) bond motifs is 1. The molecule has 2 N–H and O–H groups in total. The first-order valence-electron chi connectivity index (χ1n) is 10.6. The lowest BCUT2D eigenvalue weighted by molar-refractivity contribution is -0.163. The van der Waals surface area contributed by atoms with Gasteiger partial charge in [0.15, 0.2) is 5.72 Å². The lowest BCUT2D eigenvalue weighted by atomic mass is 9.69. The van der Waals surface area contributed by atoms with E-state index < -0.39 is 29.5 Å². The Kier molecular flexibility index (Phi) is 6.15. The minimum Gasteiger partial charge on any atom is -0.469 e. The summed E-state index contributed by atoms with van der Waals surface area (Å²) in [6.07, 6.45) is 0.632. The van der Waals surface area contributed by atoms with Gasteiger partial charge in [-0.2, -0.15) is 0 Å². The number of allylic oxidation sites excluding steroid dienone is 1. The number of carbonyl (C=O) groups excluding carboxylic acids is 2. The molecule has 3 aromatic rings. The van der Waals surface area contributed by atoms with Crippen molar-refractivity contribution < 1.29 is 28.8 Å². The van der Waals surface area contributed by atoms with Crippen LogP contribution in [0.2, 0.25) is 0 Å². The van der Waals surface area contributed by atoms with Gasteiger partial charge in [-0.15, -0.1) is 0 Å². The summed E-state index contributed by atoms with van der Waals surface area (Å²) in [7, 11) is 1.24. The first kappa shape index (κ1) is 22.5. The SMILES string of the molecule is CCCOC(=O)C1=C(C)NC(O)(c2ccccc2)C(C(=O)OC)C1c1cccc2nonc12. The van der Waals surface area contributed by atoms with Crippen molar-refractivity contribution in [3.05, 3.63) is 70.9 Å². The zero-order chi connectivity index (χ0) is 23.6. The fourth-order valence-corrected chi connectivity index (χ4v) is 4.42. The van der Waals surface area contributed by atoms with Crippen LogP contribution in [0.3, 0.4) is 0 Å². The van der Waals surface area contributed by atoms with Crippen molar-refractivity contribution in [1.82, 2.24) is 15.6 Å². The number of hydrogen-bond acceptors (Lipinski definition) is 9. The molecule has 0 spiro atoms. The number of carbonyl (C=O) groups is 2. The van der Waals surface area contributed by atoms with Gasteiger partial charge in [-0.3, -0.25) is 4.79 Å². The molecule has 0 aliphatic carbocycles. The van der Waals surface area contributed by atoms with E-state index >= 15 is 0 Å². The van der Waals surface area contributed by atoms with Crippen LogP contribution in [0.1, 0.15) is 37.3 Å². The Balaban J connectivity index is 2.00. The smallest absolute Gasteiger partial charge is 0.336 e. The van der Waals surface area contributed by atoms with Crippen LogP contribution < -0.4 is 5.32 Å². The summed E-state index contributed by atoms with van der Waals surface area (Å²) in [6, 6.07) is 13.9. The number of aromatic nitrogens is 2. The molecule has 0 amide bonds. The van der Waals surface area contributed by atoms with Crippen molar-refractivity contribution >= 4 is 23.0 Å². The van der Waals surface area contributed by atoms with Crippen molar-refractivity contribution in [3.63, 3.8) is 0 Å². The van der Waals surface area contributed by atoms with Gasteiger partial charge < -0.3 is 19.9 Å². The second-order valence-corrected chi connectivity index (χ2v) is 7.89. The molecular weight excluding hydrogens is 426 g/mol. The van der Waals surface area contributed by atoms with Crippen LogP contribution in [0, 0.1) is 5.92 Å². The van der Waals surface area contributed by atoms with Crippen LogP contribution >= 0.6 is 0 Å². The third-order valence-corrected chi connectivity index (χ3v) is 5.85. The van der Waals surface area contributed by atoms with Crippen LogP contribution in [0.5, 0.6) is 0 Å². The van der Waals surface area contributed by atoms with Gasteiger partial charge in [-0.25, -0.2) is 9.42 Å². The van der Waals surface area contributed by atoms with Crippen LogP contribution in [0.25, 0.3) is 11.0 Å². The molecule has 0 bridgehead atoms. The van der Waals surface area contributed by atoms with Crippen LogP contribution in [-0.4, -0.2) is 41.1 Å². The number of ether oxygens (including phenoxy) is 2. The highest BCUT2D eigenvalue weighted by Crippen LogP contribution is 2.48. The predicted molar refractivity (Wildman–Crippen MR) is 117 cm³/mol. The van der Waals surface area contributed by atoms with Crippen LogP contribution in [0.15, 0.2) is 64.4 Å². The van der Waals surface area contributed by atoms with Gasteiger partial charge in [0.25, 0.3) is 0 Å². The molecule has 0 saturated carbocycles. The molecule has 2 heterocycles. The summed E-state index contributed by atoms with van der Waals surface area (Å²) in [5, 5.41) is 22.8. The van der Waals surface area contributed by atoms with Crippen molar-refractivity contribution in [1.29, 1.82) is 0 Å². The van der Waals surface area contributed by atoms with Crippen LogP contribution in [-0.2, 0) is 24.8 Å². The van der Waals surface area contributed by atoms with Crippen LogP contribution in [0.4, 0.5) is 0 Å². The summed E-state index contributed by atoms with van der Waals surface area (Å²) < 4.78 is 15.5. The van der Waals surface area contributed by atoms with Crippen molar-refractivity contribution in [2.45, 2.75) is 31.9 Å². The Morgan fingerprint density at radius 1 is 1.15 bits per heavy atom. The highest BCUT2D eigenvalue weighted by atomic mass is 16.6. The molecule has 33 heavy (non-hydrogen) atoms. The Morgan fingerprint density at radius 3 is 2.61 bits per heavy atom. The number of nitrogens with one attached hydrogen (secondary N) is 1. The normalized spacial score (nSPS) is 22.7. The molecule has 4 rings (SSSR count). The Labute approximate surface area is 190 Å². The van der Waals surface area contributed by atoms with Crippen molar-refractivity contribution in [2.75, 3.05) is 13.7 Å². The molecule has 0 radical (unpaired) electrons. The van der Waals surface area contributed by atoms with E-state index in [1.54, 1.807) is 55.5 Å². The molecule has 0 saturated heterocycles. The summed E-state index contributed by atoms with van der Waals surface area (Å²) in [5.74, 6) is -3.51. The quantitative estimate of drug-likeness (QED) is 0.544. The third-order valence-electron chi connectivity index (χ3n) is 5.85. The average Bonchev–Trinajstić information content (AvgIpc) is 3.31. The van der Waals surface area contributed by atoms with E-state index in [4.69, 9.17) is 14.1 Å². The van der Waals surface area contributed by atoms with Gasteiger partial charge in [0.2, 0.25) is 0 Å². The second-order valence-electron chi connectivity index (χ2n) is 7.89. The standard InChI is InChI=1S/C24H25N3O6/c1-4-13-32-22(28)18-14(2)25-24(30,15-9-6-5-7-10-15)20(23(29)31-3)19(18)16-11-8-12-17-21(16)27-33-26-17/h5-12,19-20,25,30H,4,13H2,1-3H3. The molecule has 3 unspecified atom stereocenters.